The van der Waals surface area contributed by atoms with Gasteiger partial charge in [-0.05, 0) is 18.6 Å². The van der Waals surface area contributed by atoms with E-state index in [9.17, 15) is 4.79 Å². The van der Waals surface area contributed by atoms with Crippen LogP contribution in [0, 0.1) is 0 Å². The summed E-state index contributed by atoms with van der Waals surface area (Å²) in [6.07, 6.45) is 0.827. The Kier molecular flexibility index (Phi) is 3.69. The van der Waals surface area contributed by atoms with Crippen LogP contribution < -0.4 is 5.32 Å². The van der Waals surface area contributed by atoms with Gasteiger partial charge in [-0.3, -0.25) is 4.79 Å². The summed E-state index contributed by atoms with van der Waals surface area (Å²) in [6.45, 7) is 1.23. The van der Waals surface area contributed by atoms with Crippen molar-refractivity contribution in [2.45, 2.75) is 12.5 Å². The van der Waals surface area contributed by atoms with Gasteiger partial charge in [-0.1, -0.05) is 29.3 Å². The van der Waals surface area contributed by atoms with Crippen LogP contribution in [-0.4, -0.2) is 25.2 Å². The maximum atomic E-state index is 11.9. The van der Waals surface area contributed by atoms with Crippen LogP contribution in [0.2, 0.25) is 10.0 Å². The molecular weight excluding hydrogens is 249 g/mol. The van der Waals surface area contributed by atoms with Crippen LogP contribution in [-0.2, 0) is 4.74 Å². The molecule has 1 saturated heterocycles. The van der Waals surface area contributed by atoms with E-state index in [4.69, 9.17) is 27.9 Å². The van der Waals surface area contributed by atoms with E-state index in [1.165, 1.54) is 0 Å². The monoisotopic (exact) mass is 259 g/mol. The van der Waals surface area contributed by atoms with Gasteiger partial charge >= 0.3 is 0 Å². The van der Waals surface area contributed by atoms with Crippen LogP contribution in [0.4, 0.5) is 0 Å². The summed E-state index contributed by atoms with van der Waals surface area (Å²) < 4.78 is 5.17. The molecule has 0 bridgehead atoms. The fourth-order valence-electron chi connectivity index (χ4n) is 1.62. The third-order valence-electron chi connectivity index (χ3n) is 2.45. The first-order valence-corrected chi connectivity index (χ1v) is 5.76. The quantitative estimate of drug-likeness (QED) is 0.887. The van der Waals surface area contributed by atoms with Crippen molar-refractivity contribution in [3.63, 3.8) is 0 Å². The predicted molar refractivity (Wildman–Crippen MR) is 63.2 cm³/mol. The topological polar surface area (TPSA) is 38.3 Å². The Labute approximate surface area is 104 Å². The zero-order valence-corrected chi connectivity index (χ0v) is 10.0. The van der Waals surface area contributed by atoms with Gasteiger partial charge in [0.15, 0.2) is 0 Å². The van der Waals surface area contributed by atoms with E-state index >= 15 is 0 Å². The Balaban J connectivity index is 2.13. The number of amides is 1. The fraction of sp³-hybridized carbons (Fsp3) is 0.364. The van der Waals surface area contributed by atoms with Gasteiger partial charge in [0, 0.05) is 6.61 Å². The Morgan fingerprint density at radius 3 is 2.62 bits per heavy atom. The molecule has 3 nitrogen and oxygen atoms in total. The molecule has 1 amide bonds. The largest absolute Gasteiger partial charge is 0.379 e. The minimum absolute atomic E-state index is 0.0554. The Bertz CT molecular complexity index is 383. The number of rotatable bonds is 2. The summed E-state index contributed by atoms with van der Waals surface area (Å²) in [5, 5.41) is 3.57. The lowest BCUT2D eigenvalue weighted by molar-refractivity contribution is 0.0930. The molecule has 1 fully saturated rings. The Hall–Kier alpha value is -0.770. The molecule has 2 rings (SSSR count). The van der Waals surface area contributed by atoms with E-state index < -0.39 is 0 Å². The highest BCUT2D eigenvalue weighted by Crippen LogP contribution is 2.24. The predicted octanol–water partition coefficient (Wildman–Crippen LogP) is 2.51. The van der Waals surface area contributed by atoms with Crippen molar-refractivity contribution in [2.75, 3.05) is 13.2 Å². The van der Waals surface area contributed by atoms with Crippen molar-refractivity contribution in [2.24, 2.45) is 0 Å². The number of carbonyl (C=O) groups is 1. The second kappa shape index (κ2) is 5.04. The van der Waals surface area contributed by atoms with Gasteiger partial charge in [0.2, 0.25) is 0 Å². The molecular formula is C11H11Cl2NO2. The lowest BCUT2D eigenvalue weighted by Crippen LogP contribution is -2.35. The van der Waals surface area contributed by atoms with Crippen molar-refractivity contribution < 1.29 is 9.53 Å². The van der Waals surface area contributed by atoms with Gasteiger partial charge in [0.05, 0.1) is 28.3 Å². The van der Waals surface area contributed by atoms with Crippen LogP contribution >= 0.6 is 23.2 Å². The van der Waals surface area contributed by atoms with Crippen molar-refractivity contribution >= 4 is 29.1 Å². The Morgan fingerprint density at radius 2 is 2.06 bits per heavy atom. The van der Waals surface area contributed by atoms with Gasteiger partial charge in [0.25, 0.3) is 5.91 Å². The van der Waals surface area contributed by atoms with E-state index in [2.05, 4.69) is 5.32 Å². The molecule has 1 aromatic rings. The molecule has 1 aromatic carbocycles. The maximum absolute atomic E-state index is 11.9. The third-order valence-corrected chi connectivity index (χ3v) is 3.08. The molecule has 1 aliphatic heterocycles. The molecule has 5 heteroatoms. The average Bonchev–Trinajstić information content (AvgIpc) is 2.70. The number of hydrogen-bond donors (Lipinski definition) is 1. The van der Waals surface area contributed by atoms with Crippen LogP contribution in [0.15, 0.2) is 18.2 Å². The van der Waals surface area contributed by atoms with Gasteiger partial charge in [-0.2, -0.15) is 0 Å². The van der Waals surface area contributed by atoms with Gasteiger partial charge in [-0.25, -0.2) is 0 Å². The fourth-order valence-corrected chi connectivity index (χ4v) is 2.19. The first-order valence-electron chi connectivity index (χ1n) is 5.01. The van der Waals surface area contributed by atoms with E-state index in [0.717, 1.165) is 6.42 Å². The summed E-state index contributed by atoms with van der Waals surface area (Å²) in [5.74, 6) is -0.244. The summed E-state index contributed by atoms with van der Waals surface area (Å²) >= 11 is 11.9. The number of benzene rings is 1. The van der Waals surface area contributed by atoms with Crippen molar-refractivity contribution in [1.29, 1.82) is 0 Å². The first kappa shape index (κ1) is 11.7. The molecule has 1 aliphatic rings. The van der Waals surface area contributed by atoms with Crippen molar-refractivity contribution in [1.82, 2.24) is 5.32 Å². The maximum Gasteiger partial charge on any atom is 0.254 e. The van der Waals surface area contributed by atoms with Crippen LogP contribution in [0.1, 0.15) is 16.8 Å². The highest BCUT2D eigenvalue weighted by atomic mass is 35.5. The molecule has 86 valence electrons. The lowest BCUT2D eigenvalue weighted by atomic mass is 10.2. The van der Waals surface area contributed by atoms with Crippen molar-refractivity contribution in [3.8, 4) is 0 Å². The van der Waals surface area contributed by atoms with Gasteiger partial charge < -0.3 is 10.1 Å². The minimum atomic E-state index is -0.244. The number of ether oxygens (including phenoxy) is 1. The zero-order chi connectivity index (χ0) is 11.5. The molecule has 0 aromatic heterocycles. The summed E-state index contributed by atoms with van der Waals surface area (Å²) in [4.78, 5) is 11.9. The number of halogens is 2. The molecule has 16 heavy (non-hydrogen) atoms. The second-order valence-electron chi connectivity index (χ2n) is 3.63. The molecule has 0 spiro atoms. The standard InChI is InChI=1S/C11H11Cl2NO2/c12-8-2-1-3-9(13)10(8)11(15)14-7-4-5-16-6-7/h1-3,7H,4-6H2,(H,14,15)/t7-/m0/s1. The highest BCUT2D eigenvalue weighted by molar-refractivity contribution is 6.39. The minimum Gasteiger partial charge on any atom is -0.379 e. The number of carbonyl (C=O) groups excluding carboxylic acids is 1. The van der Waals surface area contributed by atoms with E-state index in [0.29, 0.717) is 28.8 Å². The second-order valence-corrected chi connectivity index (χ2v) is 4.45. The normalized spacial score (nSPS) is 19.8. The molecule has 0 aliphatic carbocycles. The molecule has 0 unspecified atom stereocenters. The Morgan fingerprint density at radius 1 is 1.38 bits per heavy atom. The molecule has 1 heterocycles. The van der Waals surface area contributed by atoms with Crippen molar-refractivity contribution in [3.05, 3.63) is 33.8 Å². The van der Waals surface area contributed by atoms with E-state index in [1.807, 2.05) is 0 Å². The molecule has 1 atom stereocenters. The van der Waals surface area contributed by atoms with E-state index in [1.54, 1.807) is 18.2 Å². The molecule has 0 saturated carbocycles. The van der Waals surface area contributed by atoms with Gasteiger partial charge in [-0.15, -0.1) is 0 Å². The zero-order valence-electron chi connectivity index (χ0n) is 8.50. The van der Waals surface area contributed by atoms with Crippen LogP contribution in [0.25, 0.3) is 0 Å². The molecule has 0 radical (unpaired) electrons. The lowest BCUT2D eigenvalue weighted by Gasteiger charge is -2.12. The first-order chi connectivity index (χ1) is 7.68. The third kappa shape index (κ3) is 2.48. The summed E-state index contributed by atoms with van der Waals surface area (Å²) in [6, 6.07) is 5.06. The van der Waals surface area contributed by atoms with Gasteiger partial charge in [0.1, 0.15) is 0 Å². The highest BCUT2D eigenvalue weighted by Gasteiger charge is 2.21. The smallest absolute Gasteiger partial charge is 0.254 e. The summed E-state index contributed by atoms with van der Waals surface area (Å²) in [5.41, 5.74) is 0.331. The summed E-state index contributed by atoms with van der Waals surface area (Å²) in [7, 11) is 0. The van der Waals surface area contributed by atoms with Crippen LogP contribution in [0.5, 0.6) is 0 Å². The van der Waals surface area contributed by atoms with E-state index in [-0.39, 0.29) is 11.9 Å². The average molecular weight is 260 g/mol. The number of hydrogen-bond acceptors (Lipinski definition) is 2. The van der Waals surface area contributed by atoms with Crippen LogP contribution in [0.3, 0.4) is 0 Å². The number of nitrogens with one attached hydrogen (secondary N) is 1. The SMILES string of the molecule is O=C(N[C@H]1CCOC1)c1c(Cl)cccc1Cl. The molecule has 1 N–H and O–H groups in total.